The Bertz CT molecular complexity index is 242. The lowest BCUT2D eigenvalue weighted by atomic mass is 10.1. The van der Waals surface area contributed by atoms with Crippen LogP contribution in [0.15, 0.2) is 12.7 Å². The average molecular weight is 199 g/mol. The highest BCUT2D eigenvalue weighted by molar-refractivity contribution is 5.04. The molecule has 2 rings (SSSR count). The minimum absolute atomic E-state index is 0.0459. The first-order chi connectivity index (χ1) is 6.53. The molecule has 0 spiro atoms. The summed E-state index contributed by atoms with van der Waals surface area (Å²) in [7, 11) is 0. The molecule has 2 aliphatic heterocycles. The number of hydrogen-bond donors (Lipinski definition) is 2. The fraction of sp³-hybridized carbons (Fsp3) is 0.800. The zero-order valence-electron chi connectivity index (χ0n) is 8.56. The first-order valence-corrected chi connectivity index (χ1v) is 4.93. The molecule has 2 saturated heterocycles. The van der Waals surface area contributed by atoms with Crippen LogP contribution in [0.1, 0.15) is 13.8 Å². The molecule has 0 aromatic rings. The van der Waals surface area contributed by atoms with Crippen LogP contribution in [-0.4, -0.2) is 41.8 Å². The van der Waals surface area contributed by atoms with Gasteiger partial charge in [-0.05, 0) is 13.8 Å². The van der Waals surface area contributed by atoms with Crippen LogP contribution in [0.25, 0.3) is 0 Å². The molecule has 4 atom stereocenters. The summed E-state index contributed by atoms with van der Waals surface area (Å²) >= 11 is 0. The molecule has 0 bridgehead atoms. The van der Waals surface area contributed by atoms with E-state index in [1.165, 1.54) is 6.08 Å². The maximum absolute atomic E-state index is 9.66. The van der Waals surface area contributed by atoms with Gasteiger partial charge in [-0.2, -0.15) is 0 Å². The Morgan fingerprint density at radius 2 is 2.29 bits per heavy atom. The monoisotopic (exact) mass is 199 g/mol. The molecule has 14 heavy (non-hydrogen) atoms. The molecule has 0 radical (unpaired) electrons. The van der Waals surface area contributed by atoms with Gasteiger partial charge in [0.15, 0.2) is 5.79 Å². The molecule has 4 nitrogen and oxygen atoms in total. The predicted molar refractivity (Wildman–Crippen MR) is 51.8 cm³/mol. The van der Waals surface area contributed by atoms with Gasteiger partial charge in [-0.3, -0.25) is 0 Å². The van der Waals surface area contributed by atoms with Crippen molar-refractivity contribution >= 4 is 0 Å². The van der Waals surface area contributed by atoms with Gasteiger partial charge < -0.3 is 19.9 Å². The van der Waals surface area contributed by atoms with Gasteiger partial charge in [0.1, 0.15) is 12.2 Å². The van der Waals surface area contributed by atoms with Crippen molar-refractivity contribution in [2.24, 2.45) is 0 Å². The van der Waals surface area contributed by atoms with E-state index < -0.39 is 11.9 Å². The third-order valence-corrected chi connectivity index (χ3v) is 2.74. The van der Waals surface area contributed by atoms with Crippen molar-refractivity contribution < 1.29 is 14.6 Å². The first kappa shape index (κ1) is 10.1. The highest BCUT2D eigenvalue weighted by Crippen LogP contribution is 2.33. The Morgan fingerprint density at radius 3 is 2.93 bits per heavy atom. The van der Waals surface area contributed by atoms with Crippen LogP contribution in [0.5, 0.6) is 0 Å². The molecule has 0 aromatic heterocycles. The Hall–Kier alpha value is -0.420. The third-order valence-electron chi connectivity index (χ3n) is 2.74. The molecule has 2 aliphatic rings. The van der Waals surface area contributed by atoms with E-state index in [0.29, 0.717) is 0 Å². The smallest absolute Gasteiger partial charge is 0.163 e. The number of aliphatic hydroxyl groups is 1. The average Bonchev–Trinajstić information content (AvgIpc) is 2.58. The molecule has 0 saturated carbocycles. The molecule has 4 heteroatoms. The van der Waals surface area contributed by atoms with Gasteiger partial charge in [-0.1, -0.05) is 6.08 Å². The summed E-state index contributed by atoms with van der Waals surface area (Å²) in [6.07, 6.45) is 0.916. The summed E-state index contributed by atoms with van der Waals surface area (Å²) in [6.45, 7) is 8.08. The maximum atomic E-state index is 9.66. The predicted octanol–water partition coefficient (Wildman–Crippen LogP) is 0.0252. The third kappa shape index (κ3) is 1.59. The number of rotatable bonds is 2. The fourth-order valence-electron chi connectivity index (χ4n) is 2.16. The van der Waals surface area contributed by atoms with Crippen LogP contribution in [-0.2, 0) is 9.47 Å². The summed E-state index contributed by atoms with van der Waals surface area (Å²) in [5.74, 6) is -0.531. The molecule has 2 N–H and O–H groups in total. The van der Waals surface area contributed by atoms with Crippen LogP contribution in [0.2, 0.25) is 0 Å². The lowest BCUT2D eigenvalue weighted by molar-refractivity contribution is -0.155. The van der Waals surface area contributed by atoms with E-state index in [-0.39, 0.29) is 18.2 Å². The second kappa shape index (κ2) is 3.31. The number of nitrogens with one attached hydrogen (secondary N) is 1. The number of hydrogen-bond acceptors (Lipinski definition) is 4. The maximum Gasteiger partial charge on any atom is 0.163 e. The summed E-state index contributed by atoms with van der Waals surface area (Å²) in [5.41, 5.74) is 0. The summed E-state index contributed by atoms with van der Waals surface area (Å²) in [4.78, 5) is 0. The minimum atomic E-state index is -0.581. The first-order valence-electron chi connectivity index (χ1n) is 4.93. The quantitative estimate of drug-likeness (QED) is 0.616. The summed E-state index contributed by atoms with van der Waals surface area (Å²) < 4.78 is 11.4. The molecule has 0 aromatic carbocycles. The van der Waals surface area contributed by atoms with Crippen molar-refractivity contribution in [3.8, 4) is 0 Å². The van der Waals surface area contributed by atoms with Crippen LogP contribution < -0.4 is 5.32 Å². The standard InChI is InChI=1S/C10H17NO3/c1-4-6(12)8-9-7(5-11-8)13-10(2,3)14-9/h4,6-9,11-12H,1,5H2,2-3H3/t6-,7+,8+,9+/m0/s1. The van der Waals surface area contributed by atoms with E-state index in [2.05, 4.69) is 11.9 Å². The van der Waals surface area contributed by atoms with Crippen LogP contribution in [0.4, 0.5) is 0 Å². The van der Waals surface area contributed by atoms with E-state index in [9.17, 15) is 5.11 Å². The normalized spacial score (nSPS) is 42.1. The molecule has 0 amide bonds. The molecule has 2 fully saturated rings. The number of ether oxygens (including phenoxy) is 2. The van der Waals surface area contributed by atoms with E-state index in [1.807, 2.05) is 13.8 Å². The van der Waals surface area contributed by atoms with Crippen LogP contribution in [0, 0.1) is 0 Å². The van der Waals surface area contributed by atoms with E-state index in [0.717, 1.165) is 6.54 Å². The largest absolute Gasteiger partial charge is 0.387 e. The van der Waals surface area contributed by atoms with Crippen molar-refractivity contribution in [3.05, 3.63) is 12.7 Å². The van der Waals surface area contributed by atoms with E-state index in [4.69, 9.17) is 9.47 Å². The molecule has 2 heterocycles. The molecular weight excluding hydrogens is 182 g/mol. The summed E-state index contributed by atoms with van der Waals surface area (Å²) in [5, 5.41) is 12.8. The van der Waals surface area contributed by atoms with Crippen molar-refractivity contribution in [2.75, 3.05) is 6.54 Å². The topological polar surface area (TPSA) is 50.7 Å². The Balaban J connectivity index is 2.08. The van der Waals surface area contributed by atoms with Crippen LogP contribution >= 0.6 is 0 Å². The lowest BCUT2D eigenvalue weighted by Crippen LogP contribution is -2.43. The Kier molecular flexibility index (Phi) is 2.39. The van der Waals surface area contributed by atoms with Crippen molar-refractivity contribution in [1.82, 2.24) is 5.32 Å². The van der Waals surface area contributed by atoms with Gasteiger partial charge in [-0.25, -0.2) is 0 Å². The SMILES string of the molecule is C=C[C@H](O)[C@H]1NC[C@H]2OC(C)(C)O[C@@H]12. The van der Waals surface area contributed by atoms with Crippen molar-refractivity contribution in [1.29, 1.82) is 0 Å². The van der Waals surface area contributed by atoms with Crippen LogP contribution in [0.3, 0.4) is 0 Å². The fourth-order valence-corrected chi connectivity index (χ4v) is 2.16. The zero-order chi connectivity index (χ0) is 10.3. The zero-order valence-corrected chi connectivity index (χ0v) is 8.56. The van der Waals surface area contributed by atoms with Gasteiger partial charge in [0.2, 0.25) is 0 Å². The summed E-state index contributed by atoms with van der Waals surface area (Å²) in [6, 6.07) is -0.0979. The Labute approximate surface area is 83.9 Å². The molecule has 0 aliphatic carbocycles. The highest BCUT2D eigenvalue weighted by atomic mass is 16.8. The molecular formula is C10H17NO3. The minimum Gasteiger partial charge on any atom is -0.387 e. The van der Waals surface area contributed by atoms with E-state index in [1.54, 1.807) is 0 Å². The second-order valence-electron chi connectivity index (χ2n) is 4.30. The van der Waals surface area contributed by atoms with E-state index >= 15 is 0 Å². The molecule has 80 valence electrons. The highest BCUT2D eigenvalue weighted by Gasteiger charge is 2.50. The Morgan fingerprint density at radius 1 is 1.57 bits per heavy atom. The van der Waals surface area contributed by atoms with Crippen molar-refractivity contribution in [3.63, 3.8) is 0 Å². The van der Waals surface area contributed by atoms with Gasteiger partial charge in [0, 0.05) is 6.54 Å². The second-order valence-corrected chi connectivity index (χ2v) is 4.30. The van der Waals surface area contributed by atoms with Gasteiger partial charge in [-0.15, -0.1) is 6.58 Å². The van der Waals surface area contributed by atoms with Gasteiger partial charge in [0.05, 0.1) is 12.1 Å². The van der Waals surface area contributed by atoms with Gasteiger partial charge >= 0.3 is 0 Å². The number of fused-ring (bicyclic) bond motifs is 1. The van der Waals surface area contributed by atoms with Gasteiger partial charge in [0.25, 0.3) is 0 Å². The number of aliphatic hydroxyl groups excluding tert-OH is 1. The molecule has 0 unspecified atom stereocenters. The van der Waals surface area contributed by atoms with Crippen molar-refractivity contribution in [2.45, 2.75) is 44.0 Å². The lowest BCUT2D eigenvalue weighted by Gasteiger charge is -2.23.